The molecule has 0 unspecified atom stereocenters. The van der Waals surface area contributed by atoms with Crippen molar-refractivity contribution in [3.63, 3.8) is 0 Å². The maximum absolute atomic E-state index is 5.34. The van der Waals surface area contributed by atoms with Gasteiger partial charge in [0.1, 0.15) is 6.67 Å². The predicted molar refractivity (Wildman–Crippen MR) is 34.5 cm³/mol. The molecule has 0 bridgehead atoms. The van der Waals surface area contributed by atoms with E-state index < -0.39 is 0 Å². The summed E-state index contributed by atoms with van der Waals surface area (Å²) in [6.07, 6.45) is 3.43. The molecule has 4 heteroatoms. The summed E-state index contributed by atoms with van der Waals surface area (Å²) < 4.78 is 4.82. The van der Waals surface area contributed by atoms with Crippen molar-refractivity contribution in [2.45, 2.75) is 0 Å². The van der Waals surface area contributed by atoms with Crippen molar-refractivity contribution in [3.05, 3.63) is 12.3 Å². The van der Waals surface area contributed by atoms with Crippen LogP contribution in [0.4, 0.5) is 0 Å². The Balaban J connectivity index is 2.52. The zero-order valence-corrected chi connectivity index (χ0v) is 5.24. The van der Waals surface area contributed by atoms with E-state index in [9.17, 15) is 0 Å². The van der Waals surface area contributed by atoms with Gasteiger partial charge in [-0.25, -0.2) is 10.8 Å². The minimum Gasteiger partial charge on any atom is -0.481 e. The van der Waals surface area contributed by atoms with Crippen molar-refractivity contribution in [3.8, 4) is 0 Å². The molecule has 1 aliphatic heterocycles. The maximum Gasteiger partial charge on any atom is 0.211 e. The third kappa shape index (κ3) is 1.43. The summed E-state index contributed by atoms with van der Waals surface area (Å²) in [6.45, 7) is 0.472. The van der Waals surface area contributed by atoms with Crippen molar-refractivity contribution in [1.29, 1.82) is 0 Å². The molecule has 0 fully saturated rings. The van der Waals surface area contributed by atoms with Gasteiger partial charge in [-0.1, -0.05) is 0 Å². The van der Waals surface area contributed by atoms with Crippen molar-refractivity contribution in [2.24, 2.45) is 10.8 Å². The number of ether oxygens (including phenoxy) is 1. The van der Waals surface area contributed by atoms with Crippen LogP contribution >= 0.6 is 0 Å². The van der Waals surface area contributed by atoms with Gasteiger partial charge in [0.2, 0.25) is 5.90 Å². The summed E-state index contributed by atoms with van der Waals surface area (Å²) in [5.74, 6) is 5.96. The molecule has 0 atom stereocenters. The zero-order valence-electron chi connectivity index (χ0n) is 5.24. The van der Waals surface area contributed by atoms with Crippen molar-refractivity contribution >= 4 is 5.90 Å². The molecule has 1 aliphatic rings. The predicted octanol–water partition coefficient (Wildman–Crippen LogP) is -0.308. The first-order chi connectivity index (χ1) is 4.33. The lowest BCUT2D eigenvalue weighted by Crippen LogP contribution is -2.28. The van der Waals surface area contributed by atoms with E-state index in [-0.39, 0.29) is 0 Å². The lowest BCUT2D eigenvalue weighted by atomic mass is 10.5. The monoisotopic (exact) mass is 127 g/mol. The summed E-state index contributed by atoms with van der Waals surface area (Å²) in [5, 5.41) is 1.47. The van der Waals surface area contributed by atoms with Gasteiger partial charge in [0, 0.05) is 12.3 Å². The molecule has 0 spiro atoms. The van der Waals surface area contributed by atoms with Crippen LogP contribution in [0.1, 0.15) is 0 Å². The van der Waals surface area contributed by atoms with E-state index in [2.05, 4.69) is 4.99 Å². The van der Waals surface area contributed by atoms with E-state index in [1.54, 1.807) is 19.4 Å². The fraction of sp³-hybridized carbons (Fsp3) is 0.400. The molecular formula is C5H9N3O. The second kappa shape index (κ2) is 2.50. The van der Waals surface area contributed by atoms with Crippen LogP contribution < -0.4 is 5.84 Å². The minimum atomic E-state index is 0.472. The van der Waals surface area contributed by atoms with Crippen LogP contribution in [0.2, 0.25) is 0 Å². The van der Waals surface area contributed by atoms with E-state index in [1.165, 1.54) is 5.01 Å². The molecule has 9 heavy (non-hydrogen) atoms. The second-order valence-corrected chi connectivity index (χ2v) is 1.67. The fourth-order valence-electron chi connectivity index (χ4n) is 0.543. The third-order valence-electron chi connectivity index (χ3n) is 1.01. The summed E-state index contributed by atoms with van der Waals surface area (Å²) >= 11 is 0. The average Bonchev–Trinajstić information content (AvgIpc) is 1.90. The number of methoxy groups -OCH3 is 1. The van der Waals surface area contributed by atoms with Crippen molar-refractivity contribution in [1.82, 2.24) is 5.01 Å². The topological polar surface area (TPSA) is 50.8 Å². The Morgan fingerprint density at radius 1 is 1.89 bits per heavy atom. The van der Waals surface area contributed by atoms with Crippen LogP contribution in [-0.2, 0) is 4.74 Å². The van der Waals surface area contributed by atoms with Gasteiger partial charge in [0.05, 0.1) is 7.11 Å². The van der Waals surface area contributed by atoms with Gasteiger partial charge < -0.3 is 4.74 Å². The number of nitrogens with zero attached hydrogens (tertiary/aromatic N) is 2. The number of rotatable bonds is 0. The van der Waals surface area contributed by atoms with E-state index in [4.69, 9.17) is 10.6 Å². The van der Waals surface area contributed by atoms with Crippen LogP contribution in [-0.4, -0.2) is 24.7 Å². The standard InChI is InChI=1S/C5H9N3O/c1-9-5-2-3-8(6)4-7-5/h2-3H,4,6H2,1H3. The molecular weight excluding hydrogens is 118 g/mol. The maximum atomic E-state index is 5.34. The first-order valence-corrected chi connectivity index (χ1v) is 2.61. The highest BCUT2D eigenvalue weighted by atomic mass is 16.5. The zero-order chi connectivity index (χ0) is 6.69. The van der Waals surface area contributed by atoms with Gasteiger partial charge >= 0.3 is 0 Å². The van der Waals surface area contributed by atoms with E-state index >= 15 is 0 Å². The molecule has 0 aromatic rings. The fourth-order valence-corrected chi connectivity index (χ4v) is 0.543. The van der Waals surface area contributed by atoms with Crippen molar-refractivity contribution in [2.75, 3.05) is 13.8 Å². The summed E-state index contributed by atoms with van der Waals surface area (Å²) in [5.41, 5.74) is 0. The molecule has 4 nitrogen and oxygen atoms in total. The first kappa shape index (κ1) is 6.10. The molecule has 2 N–H and O–H groups in total. The van der Waals surface area contributed by atoms with E-state index in [0.29, 0.717) is 12.6 Å². The van der Waals surface area contributed by atoms with Crippen LogP contribution in [0.15, 0.2) is 17.3 Å². The number of hydrogen-bond donors (Lipinski definition) is 1. The SMILES string of the molecule is COC1=NCN(N)C=C1. The van der Waals surface area contributed by atoms with Crippen molar-refractivity contribution < 1.29 is 4.74 Å². The van der Waals surface area contributed by atoms with Gasteiger partial charge in [-0.15, -0.1) is 0 Å². The second-order valence-electron chi connectivity index (χ2n) is 1.67. The first-order valence-electron chi connectivity index (χ1n) is 2.61. The Kier molecular flexibility index (Phi) is 1.69. The number of aliphatic imine (C=N–C) groups is 1. The lowest BCUT2D eigenvalue weighted by Gasteiger charge is -2.14. The molecule has 0 saturated heterocycles. The number of hydrogen-bond acceptors (Lipinski definition) is 4. The third-order valence-corrected chi connectivity index (χ3v) is 1.01. The Hall–Kier alpha value is -1.03. The molecule has 0 amide bonds. The summed E-state index contributed by atoms with van der Waals surface area (Å²) in [4.78, 5) is 3.94. The Labute approximate surface area is 53.6 Å². The smallest absolute Gasteiger partial charge is 0.211 e. The highest BCUT2D eigenvalue weighted by Crippen LogP contribution is 1.93. The molecule has 1 heterocycles. The molecule has 50 valence electrons. The Morgan fingerprint density at radius 2 is 2.67 bits per heavy atom. The largest absolute Gasteiger partial charge is 0.481 e. The summed E-state index contributed by atoms with van der Waals surface area (Å²) in [6, 6.07) is 0. The van der Waals surface area contributed by atoms with E-state index in [0.717, 1.165) is 0 Å². The van der Waals surface area contributed by atoms with Crippen LogP contribution in [0.5, 0.6) is 0 Å². The highest BCUT2D eigenvalue weighted by molar-refractivity contribution is 5.87. The van der Waals surface area contributed by atoms with Gasteiger partial charge in [0.25, 0.3) is 0 Å². The van der Waals surface area contributed by atoms with Gasteiger partial charge in [-0.3, -0.25) is 5.01 Å². The van der Waals surface area contributed by atoms with Gasteiger partial charge in [-0.2, -0.15) is 0 Å². The molecule has 0 aromatic carbocycles. The average molecular weight is 127 g/mol. The van der Waals surface area contributed by atoms with Crippen LogP contribution in [0, 0.1) is 0 Å². The highest BCUT2D eigenvalue weighted by Gasteiger charge is 1.99. The number of nitrogens with two attached hydrogens (primary N) is 1. The van der Waals surface area contributed by atoms with Crippen LogP contribution in [0.25, 0.3) is 0 Å². The normalized spacial score (nSPS) is 17.6. The van der Waals surface area contributed by atoms with Gasteiger partial charge in [-0.05, 0) is 0 Å². The summed E-state index contributed by atoms with van der Waals surface area (Å²) in [7, 11) is 1.58. The molecule has 0 saturated carbocycles. The molecule has 1 rings (SSSR count). The van der Waals surface area contributed by atoms with E-state index in [1.807, 2.05) is 0 Å². The Bertz CT molecular complexity index is 152. The molecule has 0 radical (unpaired) electrons. The Morgan fingerprint density at radius 3 is 3.11 bits per heavy atom. The quantitative estimate of drug-likeness (QED) is 0.454. The lowest BCUT2D eigenvalue weighted by molar-refractivity contribution is 0.363. The molecule has 0 aliphatic carbocycles. The van der Waals surface area contributed by atoms with Crippen LogP contribution in [0.3, 0.4) is 0 Å². The van der Waals surface area contributed by atoms with Gasteiger partial charge in [0.15, 0.2) is 0 Å². The number of hydrazine groups is 1. The minimum absolute atomic E-state index is 0.472. The molecule has 0 aromatic heterocycles.